The van der Waals surface area contributed by atoms with Crippen LogP contribution in [0.4, 0.5) is 0 Å². The standard InChI is InChI=1S/C24H40O4/c1-3-5-7-9-11-13-15-17-21-27-23(25)19-20-24(26)28-22-18-16-14-12-10-8-6-4-2/h3-4,19-20H,1-2,5-18,21-22H2/b20-19-. The van der Waals surface area contributed by atoms with Gasteiger partial charge in [0.15, 0.2) is 0 Å². The topological polar surface area (TPSA) is 52.6 Å². The first-order chi connectivity index (χ1) is 13.7. The molecule has 0 fully saturated rings. The van der Waals surface area contributed by atoms with E-state index in [1.54, 1.807) is 0 Å². The van der Waals surface area contributed by atoms with E-state index < -0.39 is 11.9 Å². The largest absolute Gasteiger partial charge is 0.463 e. The van der Waals surface area contributed by atoms with E-state index in [2.05, 4.69) is 13.2 Å². The van der Waals surface area contributed by atoms with E-state index in [1.807, 2.05) is 12.2 Å². The third-order valence-electron chi connectivity index (χ3n) is 4.45. The average molecular weight is 393 g/mol. The summed E-state index contributed by atoms with van der Waals surface area (Å²) in [6.07, 6.45) is 21.8. The lowest BCUT2D eigenvalue weighted by molar-refractivity contribution is -0.140. The highest BCUT2D eigenvalue weighted by atomic mass is 16.5. The van der Waals surface area contributed by atoms with Gasteiger partial charge in [0.05, 0.1) is 13.2 Å². The smallest absolute Gasteiger partial charge is 0.331 e. The summed E-state index contributed by atoms with van der Waals surface area (Å²) < 4.78 is 10.2. The monoisotopic (exact) mass is 392 g/mol. The molecule has 4 heteroatoms. The molecule has 28 heavy (non-hydrogen) atoms. The number of ether oxygens (including phenoxy) is 2. The molecule has 0 saturated carbocycles. The van der Waals surface area contributed by atoms with Crippen molar-refractivity contribution in [1.82, 2.24) is 0 Å². The van der Waals surface area contributed by atoms with Gasteiger partial charge in [-0.2, -0.15) is 0 Å². The Kier molecular flexibility index (Phi) is 20.0. The minimum Gasteiger partial charge on any atom is -0.463 e. The van der Waals surface area contributed by atoms with Gasteiger partial charge in [-0.3, -0.25) is 0 Å². The van der Waals surface area contributed by atoms with E-state index in [0.29, 0.717) is 13.2 Å². The summed E-state index contributed by atoms with van der Waals surface area (Å²) in [6, 6.07) is 0. The van der Waals surface area contributed by atoms with Gasteiger partial charge in [0.2, 0.25) is 0 Å². The molecule has 0 aromatic heterocycles. The molecule has 0 unspecified atom stereocenters. The molecule has 0 radical (unpaired) electrons. The van der Waals surface area contributed by atoms with E-state index in [9.17, 15) is 9.59 Å². The number of rotatable bonds is 20. The van der Waals surface area contributed by atoms with Crippen LogP contribution in [0.5, 0.6) is 0 Å². The predicted molar refractivity (Wildman–Crippen MR) is 116 cm³/mol. The quantitative estimate of drug-likeness (QED) is 0.103. The van der Waals surface area contributed by atoms with Crippen molar-refractivity contribution in [2.24, 2.45) is 0 Å². The molecule has 0 aliphatic carbocycles. The Bertz CT molecular complexity index is 400. The van der Waals surface area contributed by atoms with Crippen LogP contribution in [0.15, 0.2) is 37.5 Å². The lowest BCUT2D eigenvalue weighted by Crippen LogP contribution is -2.06. The van der Waals surface area contributed by atoms with Gasteiger partial charge < -0.3 is 9.47 Å². The van der Waals surface area contributed by atoms with Crippen molar-refractivity contribution in [3.63, 3.8) is 0 Å². The Morgan fingerprint density at radius 2 is 0.857 bits per heavy atom. The average Bonchev–Trinajstić information content (AvgIpc) is 2.69. The number of carbonyl (C=O) groups is 2. The van der Waals surface area contributed by atoms with Crippen LogP contribution in [0.2, 0.25) is 0 Å². The molecule has 0 bridgehead atoms. The van der Waals surface area contributed by atoms with Crippen LogP contribution in [-0.4, -0.2) is 25.2 Å². The van der Waals surface area contributed by atoms with Crippen LogP contribution in [0, 0.1) is 0 Å². The molecule has 0 aliphatic rings. The first-order valence-corrected chi connectivity index (χ1v) is 10.9. The van der Waals surface area contributed by atoms with Crippen LogP contribution in [0.3, 0.4) is 0 Å². The number of esters is 2. The van der Waals surface area contributed by atoms with E-state index in [-0.39, 0.29) is 0 Å². The van der Waals surface area contributed by atoms with Crippen molar-refractivity contribution in [3.8, 4) is 0 Å². The molecule has 4 nitrogen and oxygen atoms in total. The van der Waals surface area contributed by atoms with Crippen LogP contribution >= 0.6 is 0 Å². The van der Waals surface area contributed by atoms with Crippen molar-refractivity contribution < 1.29 is 19.1 Å². The van der Waals surface area contributed by atoms with Crippen LogP contribution < -0.4 is 0 Å². The zero-order valence-electron chi connectivity index (χ0n) is 17.7. The summed E-state index contributed by atoms with van der Waals surface area (Å²) in [7, 11) is 0. The highest BCUT2D eigenvalue weighted by Gasteiger charge is 2.01. The third kappa shape index (κ3) is 20.5. The zero-order valence-corrected chi connectivity index (χ0v) is 17.7. The number of allylic oxidation sites excluding steroid dienone is 2. The second-order valence-corrected chi connectivity index (χ2v) is 7.07. The Morgan fingerprint density at radius 1 is 0.536 bits per heavy atom. The molecular formula is C24H40O4. The van der Waals surface area contributed by atoms with Crippen molar-refractivity contribution in [3.05, 3.63) is 37.5 Å². The predicted octanol–water partition coefficient (Wildman–Crippen LogP) is 6.46. The van der Waals surface area contributed by atoms with Crippen LogP contribution in [-0.2, 0) is 19.1 Å². The third-order valence-corrected chi connectivity index (χ3v) is 4.45. The second kappa shape index (κ2) is 21.5. The van der Waals surface area contributed by atoms with E-state index >= 15 is 0 Å². The van der Waals surface area contributed by atoms with Crippen molar-refractivity contribution >= 4 is 11.9 Å². The summed E-state index contributed by atoms with van der Waals surface area (Å²) in [5.41, 5.74) is 0. The molecule has 0 amide bonds. The molecule has 0 spiro atoms. The minimum atomic E-state index is -0.484. The van der Waals surface area contributed by atoms with E-state index in [4.69, 9.17) is 9.47 Å². The number of carbonyl (C=O) groups excluding carboxylic acids is 2. The Balaban J connectivity index is 3.45. The number of unbranched alkanes of at least 4 members (excludes halogenated alkanes) is 12. The summed E-state index contributed by atoms with van der Waals surface area (Å²) in [5.74, 6) is -0.968. The molecule has 0 aromatic rings. The fourth-order valence-corrected chi connectivity index (χ4v) is 2.77. The van der Waals surface area contributed by atoms with E-state index in [0.717, 1.165) is 63.5 Å². The van der Waals surface area contributed by atoms with Crippen LogP contribution in [0.25, 0.3) is 0 Å². The van der Waals surface area contributed by atoms with Crippen LogP contribution in [0.1, 0.15) is 89.9 Å². The van der Waals surface area contributed by atoms with Crippen molar-refractivity contribution in [2.45, 2.75) is 89.9 Å². The van der Waals surface area contributed by atoms with Crippen molar-refractivity contribution in [2.75, 3.05) is 13.2 Å². The van der Waals surface area contributed by atoms with Crippen molar-refractivity contribution in [1.29, 1.82) is 0 Å². The summed E-state index contributed by atoms with van der Waals surface area (Å²) >= 11 is 0. The van der Waals surface area contributed by atoms with Gasteiger partial charge in [-0.25, -0.2) is 9.59 Å². The fourth-order valence-electron chi connectivity index (χ4n) is 2.77. The maximum Gasteiger partial charge on any atom is 0.331 e. The molecular weight excluding hydrogens is 352 g/mol. The van der Waals surface area contributed by atoms with Gasteiger partial charge in [0.25, 0.3) is 0 Å². The fraction of sp³-hybridized carbons (Fsp3) is 0.667. The maximum absolute atomic E-state index is 11.5. The second-order valence-electron chi connectivity index (χ2n) is 7.07. The molecule has 0 aliphatic heterocycles. The molecule has 0 N–H and O–H groups in total. The number of hydrogen-bond donors (Lipinski definition) is 0. The van der Waals surface area contributed by atoms with Gasteiger partial charge in [0, 0.05) is 12.2 Å². The zero-order chi connectivity index (χ0) is 20.7. The van der Waals surface area contributed by atoms with Gasteiger partial charge >= 0.3 is 11.9 Å². The first-order valence-electron chi connectivity index (χ1n) is 10.9. The molecule has 0 rings (SSSR count). The maximum atomic E-state index is 11.5. The molecule has 0 aromatic carbocycles. The molecule has 160 valence electrons. The van der Waals surface area contributed by atoms with Gasteiger partial charge in [-0.05, 0) is 38.5 Å². The highest BCUT2D eigenvalue weighted by molar-refractivity contribution is 5.91. The summed E-state index contributed by atoms with van der Waals surface area (Å²) in [4.78, 5) is 23.1. The SMILES string of the molecule is C=CCCCCCCCCOC(=O)/C=C\C(=O)OCCCCCCCCC=C. The summed E-state index contributed by atoms with van der Waals surface area (Å²) in [5, 5.41) is 0. The van der Waals surface area contributed by atoms with Gasteiger partial charge in [-0.1, -0.05) is 63.5 Å². The molecule has 0 heterocycles. The van der Waals surface area contributed by atoms with Gasteiger partial charge in [-0.15, -0.1) is 13.2 Å². The molecule has 0 atom stereocenters. The molecule has 0 saturated heterocycles. The van der Waals surface area contributed by atoms with E-state index in [1.165, 1.54) is 38.5 Å². The lowest BCUT2D eigenvalue weighted by Gasteiger charge is -2.03. The minimum absolute atomic E-state index is 0.400. The highest BCUT2D eigenvalue weighted by Crippen LogP contribution is 2.08. The first kappa shape index (κ1) is 26.2. The lowest BCUT2D eigenvalue weighted by atomic mass is 10.1. The summed E-state index contributed by atoms with van der Waals surface area (Å²) in [6.45, 7) is 8.22. The number of hydrogen-bond acceptors (Lipinski definition) is 4. The Morgan fingerprint density at radius 3 is 1.21 bits per heavy atom. The normalized spacial score (nSPS) is 10.7. The Hall–Kier alpha value is -1.84. The Labute approximate surface area is 172 Å². The van der Waals surface area contributed by atoms with Gasteiger partial charge in [0.1, 0.15) is 0 Å².